The van der Waals surface area contributed by atoms with Crippen molar-refractivity contribution in [2.45, 2.75) is 25.8 Å². The van der Waals surface area contributed by atoms with Crippen molar-refractivity contribution in [2.75, 3.05) is 33.3 Å². The Labute approximate surface area is 168 Å². The Bertz CT molecular complexity index is 984. The minimum atomic E-state index is -0.477. The predicted octanol–water partition coefficient (Wildman–Crippen LogP) is 1.64. The van der Waals surface area contributed by atoms with E-state index in [1.54, 1.807) is 35.1 Å². The molecule has 1 N–H and O–H groups in total. The summed E-state index contributed by atoms with van der Waals surface area (Å²) in [5.41, 5.74) is 0.151. The second kappa shape index (κ2) is 7.09. The first-order chi connectivity index (χ1) is 13.8. The summed E-state index contributed by atoms with van der Waals surface area (Å²) in [6.07, 6.45) is 0.598. The molecule has 3 heterocycles. The third kappa shape index (κ3) is 3.43. The number of likely N-dealkylation sites (tertiary alicyclic amines) is 2. The van der Waals surface area contributed by atoms with Crippen LogP contribution in [0.15, 0.2) is 28.7 Å². The van der Waals surface area contributed by atoms with Crippen molar-refractivity contribution in [3.05, 3.63) is 30.0 Å². The lowest BCUT2D eigenvalue weighted by atomic mass is 9.80. The third-order valence-corrected chi connectivity index (χ3v) is 6.06. The van der Waals surface area contributed by atoms with Crippen LogP contribution >= 0.6 is 0 Å². The monoisotopic (exact) mass is 399 g/mol. The number of piperidine rings is 1. The number of fused-ring (bicyclic) bond motifs is 2. The van der Waals surface area contributed by atoms with E-state index >= 15 is 0 Å². The van der Waals surface area contributed by atoms with E-state index in [-0.39, 0.29) is 29.4 Å². The fourth-order valence-electron chi connectivity index (χ4n) is 4.57. The van der Waals surface area contributed by atoms with E-state index in [0.29, 0.717) is 43.9 Å². The van der Waals surface area contributed by atoms with Crippen molar-refractivity contribution in [3.63, 3.8) is 0 Å². The van der Waals surface area contributed by atoms with Gasteiger partial charge in [0.2, 0.25) is 11.8 Å². The molecule has 1 aromatic carbocycles. The minimum Gasteiger partial charge on any atom is -0.497 e. The van der Waals surface area contributed by atoms with E-state index in [1.807, 2.05) is 6.07 Å². The molecule has 2 fully saturated rings. The minimum absolute atomic E-state index is 0.0162. The predicted molar refractivity (Wildman–Crippen MR) is 106 cm³/mol. The van der Waals surface area contributed by atoms with E-state index in [4.69, 9.17) is 9.15 Å². The Hall–Kier alpha value is -3.03. The fraction of sp³-hybridized carbons (Fsp3) is 0.476. The van der Waals surface area contributed by atoms with Crippen molar-refractivity contribution < 1.29 is 23.5 Å². The second-order valence-corrected chi connectivity index (χ2v) is 7.95. The van der Waals surface area contributed by atoms with Crippen LogP contribution in [0.2, 0.25) is 0 Å². The van der Waals surface area contributed by atoms with Crippen molar-refractivity contribution in [1.82, 2.24) is 15.1 Å². The van der Waals surface area contributed by atoms with Crippen LogP contribution in [0.4, 0.5) is 0 Å². The fourth-order valence-corrected chi connectivity index (χ4v) is 4.57. The van der Waals surface area contributed by atoms with Gasteiger partial charge in [-0.15, -0.1) is 0 Å². The van der Waals surface area contributed by atoms with Crippen molar-refractivity contribution >= 4 is 28.7 Å². The molecule has 0 unspecified atom stereocenters. The van der Waals surface area contributed by atoms with Gasteiger partial charge in [0.15, 0.2) is 5.76 Å². The van der Waals surface area contributed by atoms with Crippen LogP contribution in [0.3, 0.4) is 0 Å². The number of benzene rings is 1. The maximum absolute atomic E-state index is 13.1. The van der Waals surface area contributed by atoms with Crippen molar-refractivity contribution in [1.29, 1.82) is 0 Å². The summed E-state index contributed by atoms with van der Waals surface area (Å²) in [5, 5.41) is 3.87. The number of methoxy groups -OCH3 is 1. The zero-order valence-electron chi connectivity index (χ0n) is 16.9. The molecule has 0 bridgehead atoms. The summed E-state index contributed by atoms with van der Waals surface area (Å²) in [7, 11) is 1.59. The summed E-state index contributed by atoms with van der Waals surface area (Å²) in [5.74, 6) is 0.641. The van der Waals surface area contributed by atoms with Gasteiger partial charge in [-0.2, -0.15) is 0 Å². The molecule has 1 aromatic heterocycles. The lowest BCUT2D eigenvalue weighted by Gasteiger charge is -2.43. The average molecular weight is 399 g/mol. The molecule has 154 valence electrons. The van der Waals surface area contributed by atoms with Crippen LogP contribution in [0, 0.1) is 5.92 Å². The number of nitrogens with zero attached hydrogens (tertiary/aromatic N) is 2. The molecule has 2 atom stereocenters. The van der Waals surface area contributed by atoms with Crippen LogP contribution in [-0.2, 0) is 9.59 Å². The van der Waals surface area contributed by atoms with Gasteiger partial charge in [0.1, 0.15) is 11.3 Å². The smallest absolute Gasteiger partial charge is 0.289 e. The molecular weight excluding hydrogens is 374 g/mol. The van der Waals surface area contributed by atoms with Gasteiger partial charge in [0.25, 0.3) is 5.91 Å². The van der Waals surface area contributed by atoms with Gasteiger partial charge in [-0.1, -0.05) is 0 Å². The molecule has 2 aromatic rings. The molecule has 8 heteroatoms. The Morgan fingerprint density at radius 2 is 1.93 bits per heavy atom. The van der Waals surface area contributed by atoms with E-state index in [2.05, 4.69) is 5.32 Å². The molecule has 0 radical (unpaired) electrons. The quantitative estimate of drug-likeness (QED) is 0.847. The van der Waals surface area contributed by atoms with Gasteiger partial charge < -0.3 is 24.3 Å². The number of carbonyl (C=O) groups excluding carboxylic acids is 3. The molecule has 0 spiro atoms. The summed E-state index contributed by atoms with van der Waals surface area (Å²) in [6.45, 7) is 4.98. The summed E-state index contributed by atoms with van der Waals surface area (Å²) in [6, 6.07) is 7.13. The van der Waals surface area contributed by atoms with Gasteiger partial charge in [-0.05, 0) is 30.7 Å². The van der Waals surface area contributed by atoms with E-state index in [0.717, 1.165) is 5.39 Å². The Morgan fingerprint density at radius 3 is 2.62 bits per heavy atom. The molecule has 0 saturated carbocycles. The third-order valence-electron chi connectivity index (χ3n) is 6.06. The van der Waals surface area contributed by atoms with Gasteiger partial charge in [-0.3, -0.25) is 14.4 Å². The Balaban J connectivity index is 1.56. The normalized spacial score (nSPS) is 23.8. The highest BCUT2D eigenvalue weighted by molar-refractivity contribution is 5.96. The molecule has 2 saturated heterocycles. The zero-order valence-corrected chi connectivity index (χ0v) is 16.9. The lowest BCUT2D eigenvalue weighted by Crippen LogP contribution is -2.61. The highest BCUT2D eigenvalue weighted by Crippen LogP contribution is 2.36. The van der Waals surface area contributed by atoms with Gasteiger partial charge in [-0.25, -0.2) is 0 Å². The topological polar surface area (TPSA) is 92.1 Å². The average Bonchev–Trinajstić information content (AvgIpc) is 3.27. The first-order valence-corrected chi connectivity index (χ1v) is 9.72. The second-order valence-electron chi connectivity index (χ2n) is 7.95. The van der Waals surface area contributed by atoms with Gasteiger partial charge in [0, 0.05) is 51.3 Å². The largest absolute Gasteiger partial charge is 0.497 e. The molecule has 8 nitrogen and oxygen atoms in total. The number of furan rings is 1. The van der Waals surface area contributed by atoms with Crippen LogP contribution < -0.4 is 10.1 Å². The maximum Gasteiger partial charge on any atom is 0.289 e. The summed E-state index contributed by atoms with van der Waals surface area (Å²) < 4.78 is 11.0. The molecule has 2 aliphatic rings. The standard InChI is InChI=1S/C21H25N3O5/c1-13(25)22-21-6-7-23(10-16(21)11-24(12-21)14(2)26)20(27)19-9-15-8-17(28-3)4-5-18(15)29-19/h4-5,8-9,16H,6-7,10-12H2,1-3H3,(H,22,25)/t16-,21-/m1/s1. The van der Waals surface area contributed by atoms with Crippen LogP contribution in [0.1, 0.15) is 30.8 Å². The molecule has 29 heavy (non-hydrogen) atoms. The summed E-state index contributed by atoms with van der Waals surface area (Å²) >= 11 is 0. The Morgan fingerprint density at radius 1 is 1.17 bits per heavy atom. The number of hydrogen-bond donors (Lipinski definition) is 1. The highest BCUT2D eigenvalue weighted by atomic mass is 16.5. The van der Waals surface area contributed by atoms with Crippen molar-refractivity contribution in [3.8, 4) is 5.75 Å². The number of ether oxygens (including phenoxy) is 1. The lowest BCUT2D eigenvalue weighted by molar-refractivity contribution is -0.128. The van der Waals surface area contributed by atoms with Crippen LogP contribution in [-0.4, -0.2) is 66.3 Å². The van der Waals surface area contributed by atoms with E-state index in [1.165, 1.54) is 13.8 Å². The molecule has 4 rings (SSSR count). The first-order valence-electron chi connectivity index (χ1n) is 9.72. The van der Waals surface area contributed by atoms with E-state index < -0.39 is 5.54 Å². The van der Waals surface area contributed by atoms with Crippen LogP contribution in [0.25, 0.3) is 11.0 Å². The molecule has 2 aliphatic heterocycles. The zero-order chi connectivity index (χ0) is 20.8. The number of carbonyl (C=O) groups is 3. The summed E-state index contributed by atoms with van der Waals surface area (Å²) in [4.78, 5) is 40.3. The maximum atomic E-state index is 13.1. The molecule has 3 amide bonds. The first kappa shape index (κ1) is 19.3. The SMILES string of the molecule is COc1ccc2oc(C(=O)N3CC[C@@]4(NC(C)=O)CN(C(C)=O)C[C@H]4C3)cc2c1. The Kier molecular flexibility index (Phi) is 4.72. The van der Waals surface area contributed by atoms with Crippen molar-refractivity contribution in [2.24, 2.45) is 5.92 Å². The number of hydrogen-bond acceptors (Lipinski definition) is 5. The number of rotatable bonds is 3. The number of nitrogens with one attached hydrogen (secondary N) is 1. The highest BCUT2D eigenvalue weighted by Gasteiger charge is 2.51. The van der Waals surface area contributed by atoms with E-state index in [9.17, 15) is 14.4 Å². The van der Waals surface area contributed by atoms with Gasteiger partial charge in [0.05, 0.1) is 12.6 Å². The van der Waals surface area contributed by atoms with Crippen LogP contribution in [0.5, 0.6) is 5.75 Å². The van der Waals surface area contributed by atoms with Gasteiger partial charge >= 0.3 is 0 Å². The molecule has 0 aliphatic carbocycles. The number of amides is 3. The molecular formula is C21H25N3O5.